The normalized spacial score (nSPS) is 14.2. The summed E-state index contributed by atoms with van der Waals surface area (Å²) in [5, 5.41) is 8.22. The molecule has 0 saturated heterocycles. The van der Waals surface area contributed by atoms with Crippen molar-refractivity contribution in [3.05, 3.63) is 83.9 Å². The number of hydrogen-bond acceptors (Lipinski definition) is 6. The molecule has 0 fully saturated rings. The predicted octanol–water partition coefficient (Wildman–Crippen LogP) is 4.16. The van der Waals surface area contributed by atoms with Crippen molar-refractivity contribution < 1.29 is 17.6 Å². The highest BCUT2D eigenvalue weighted by molar-refractivity contribution is 7.89. The highest BCUT2D eigenvalue weighted by Gasteiger charge is 2.31. The molecule has 0 saturated carbocycles. The zero-order chi connectivity index (χ0) is 22.1. The maximum atomic E-state index is 13.6. The van der Waals surface area contributed by atoms with E-state index in [2.05, 4.69) is 10.2 Å². The number of fused-ring (bicyclic) bond motifs is 1. The minimum Gasteiger partial charge on any atom is -0.495 e. The Hall–Kier alpha value is -3.49. The third-order valence-electron chi connectivity index (χ3n) is 5.57. The molecule has 1 aliphatic rings. The van der Waals surface area contributed by atoms with Gasteiger partial charge in [-0.25, -0.2) is 8.42 Å². The van der Waals surface area contributed by atoms with Gasteiger partial charge in [0.2, 0.25) is 21.8 Å². The van der Waals surface area contributed by atoms with E-state index in [1.54, 1.807) is 12.1 Å². The number of ether oxygens (including phenoxy) is 1. The zero-order valence-electron chi connectivity index (χ0n) is 17.4. The van der Waals surface area contributed by atoms with Gasteiger partial charge >= 0.3 is 0 Å². The van der Waals surface area contributed by atoms with E-state index >= 15 is 0 Å². The number of sulfonamides is 1. The Labute approximate surface area is 186 Å². The topological polar surface area (TPSA) is 85.5 Å². The summed E-state index contributed by atoms with van der Waals surface area (Å²) in [4.78, 5) is 0.0799. The molecule has 7 nitrogen and oxygen atoms in total. The molecule has 8 heteroatoms. The van der Waals surface area contributed by atoms with Crippen molar-refractivity contribution in [2.24, 2.45) is 0 Å². The maximum absolute atomic E-state index is 13.6. The number of methoxy groups -OCH3 is 1. The first-order valence-corrected chi connectivity index (χ1v) is 11.6. The number of aromatic nitrogens is 2. The van der Waals surface area contributed by atoms with Crippen LogP contribution in [0.5, 0.6) is 5.75 Å². The Bertz CT molecular complexity index is 1370. The van der Waals surface area contributed by atoms with E-state index in [-0.39, 0.29) is 16.5 Å². The van der Waals surface area contributed by atoms with Gasteiger partial charge < -0.3 is 9.15 Å². The van der Waals surface area contributed by atoms with Crippen molar-refractivity contribution in [3.8, 4) is 28.7 Å². The monoisotopic (exact) mass is 447 g/mol. The third-order valence-corrected chi connectivity index (χ3v) is 7.44. The van der Waals surface area contributed by atoms with E-state index in [4.69, 9.17) is 9.15 Å². The van der Waals surface area contributed by atoms with E-state index in [0.29, 0.717) is 31.0 Å². The maximum Gasteiger partial charge on any atom is 0.248 e. The van der Waals surface area contributed by atoms with Crippen LogP contribution in [0.25, 0.3) is 22.9 Å². The second kappa shape index (κ2) is 8.22. The van der Waals surface area contributed by atoms with Gasteiger partial charge in [-0.15, -0.1) is 10.2 Å². The highest BCUT2D eigenvalue weighted by atomic mass is 32.2. The molecule has 0 atom stereocenters. The lowest BCUT2D eigenvalue weighted by atomic mass is 10.0. The molecule has 32 heavy (non-hydrogen) atoms. The molecule has 0 radical (unpaired) electrons. The SMILES string of the molecule is COc1ccc(-c2nnc(-c3ccccc3)o2)cc1S(=O)(=O)N1CCc2ccccc2C1. The first-order chi connectivity index (χ1) is 15.6. The Balaban J connectivity index is 1.51. The first-order valence-electron chi connectivity index (χ1n) is 10.2. The molecule has 0 N–H and O–H groups in total. The van der Waals surface area contributed by atoms with Gasteiger partial charge in [0.1, 0.15) is 10.6 Å². The average Bonchev–Trinajstić information content (AvgIpc) is 3.34. The third kappa shape index (κ3) is 3.68. The molecule has 0 amide bonds. The Morgan fingerprint density at radius 1 is 0.875 bits per heavy atom. The lowest BCUT2D eigenvalue weighted by Crippen LogP contribution is -2.36. The molecule has 0 bridgehead atoms. The number of rotatable bonds is 5. The lowest BCUT2D eigenvalue weighted by molar-refractivity contribution is 0.378. The molecule has 162 valence electrons. The molecular weight excluding hydrogens is 426 g/mol. The summed E-state index contributed by atoms with van der Waals surface area (Å²) in [6.07, 6.45) is 0.668. The van der Waals surface area contributed by atoms with Crippen molar-refractivity contribution >= 4 is 10.0 Å². The molecule has 0 unspecified atom stereocenters. The molecule has 0 aliphatic carbocycles. The van der Waals surface area contributed by atoms with E-state index in [1.807, 2.05) is 54.6 Å². The summed E-state index contributed by atoms with van der Waals surface area (Å²) in [5.74, 6) is 0.885. The number of hydrogen-bond donors (Lipinski definition) is 0. The van der Waals surface area contributed by atoms with Crippen LogP contribution in [0.1, 0.15) is 11.1 Å². The highest BCUT2D eigenvalue weighted by Crippen LogP contribution is 2.34. The fourth-order valence-corrected chi connectivity index (χ4v) is 5.46. The van der Waals surface area contributed by atoms with E-state index in [9.17, 15) is 8.42 Å². The van der Waals surface area contributed by atoms with Crippen LogP contribution >= 0.6 is 0 Å². The van der Waals surface area contributed by atoms with Crippen molar-refractivity contribution in [2.45, 2.75) is 17.9 Å². The first kappa shape index (κ1) is 20.4. The van der Waals surface area contributed by atoms with Gasteiger partial charge in [0.25, 0.3) is 0 Å². The largest absolute Gasteiger partial charge is 0.495 e. The summed E-state index contributed by atoms with van der Waals surface area (Å²) in [6.45, 7) is 0.732. The quantitative estimate of drug-likeness (QED) is 0.457. The van der Waals surface area contributed by atoms with Crippen molar-refractivity contribution in [2.75, 3.05) is 13.7 Å². The van der Waals surface area contributed by atoms with Crippen LogP contribution in [0.15, 0.2) is 82.1 Å². The summed E-state index contributed by atoms with van der Waals surface area (Å²) >= 11 is 0. The molecule has 4 aromatic rings. The second-order valence-corrected chi connectivity index (χ2v) is 9.41. The molecule has 1 aromatic heterocycles. The second-order valence-electron chi connectivity index (χ2n) is 7.50. The van der Waals surface area contributed by atoms with Gasteiger partial charge in [-0.05, 0) is 47.9 Å². The molecule has 0 spiro atoms. The van der Waals surface area contributed by atoms with Crippen molar-refractivity contribution in [1.82, 2.24) is 14.5 Å². The Morgan fingerprint density at radius 3 is 2.31 bits per heavy atom. The number of benzene rings is 3. The smallest absolute Gasteiger partial charge is 0.248 e. The number of nitrogens with zero attached hydrogens (tertiary/aromatic N) is 3. The fraction of sp³-hybridized carbons (Fsp3) is 0.167. The Kier molecular flexibility index (Phi) is 5.24. The van der Waals surface area contributed by atoms with Crippen LogP contribution < -0.4 is 4.74 Å². The van der Waals surface area contributed by atoms with Gasteiger partial charge in [-0.1, -0.05) is 42.5 Å². The summed E-state index contributed by atoms with van der Waals surface area (Å²) in [6, 6.07) is 22.2. The van der Waals surface area contributed by atoms with Crippen LogP contribution in [-0.2, 0) is 23.0 Å². The van der Waals surface area contributed by atoms with Gasteiger partial charge in [0.05, 0.1) is 7.11 Å². The standard InChI is InChI=1S/C24H21N3O4S/c1-30-21-12-11-19(24-26-25-23(31-24)18-8-3-2-4-9-18)15-22(21)32(28,29)27-14-13-17-7-5-6-10-20(17)16-27/h2-12,15H,13-14,16H2,1H3. The van der Waals surface area contributed by atoms with E-state index in [0.717, 1.165) is 11.1 Å². The van der Waals surface area contributed by atoms with Crippen LogP contribution in [0, 0.1) is 0 Å². The molecular formula is C24H21N3O4S. The van der Waals surface area contributed by atoms with Gasteiger partial charge in [0, 0.05) is 24.2 Å². The zero-order valence-corrected chi connectivity index (χ0v) is 18.2. The van der Waals surface area contributed by atoms with Crippen molar-refractivity contribution in [1.29, 1.82) is 0 Å². The fourth-order valence-electron chi connectivity index (χ4n) is 3.86. The van der Waals surface area contributed by atoms with Gasteiger partial charge in [-0.3, -0.25) is 0 Å². The minimum atomic E-state index is -3.80. The average molecular weight is 448 g/mol. The van der Waals surface area contributed by atoms with Gasteiger partial charge in [-0.2, -0.15) is 4.31 Å². The van der Waals surface area contributed by atoms with Crippen LogP contribution in [0.3, 0.4) is 0 Å². The van der Waals surface area contributed by atoms with Crippen LogP contribution in [-0.4, -0.2) is 36.6 Å². The summed E-state index contributed by atoms with van der Waals surface area (Å²) in [7, 11) is -2.35. The summed E-state index contributed by atoms with van der Waals surface area (Å²) < 4.78 is 39.8. The molecule has 3 aromatic carbocycles. The summed E-state index contributed by atoms with van der Waals surface area (Å²) in [5.41, 5.74) is 3.50. The Morgan fingerprint density at radius 2 is 1.56 bits per heavy atom. The van der Waals surface area contributed by atoms with Crippen LogP contribution in [0.4, 0.5) is 0 Å². The van der Waals surface area contributed by atoms with Gasteiger partial charge in [0.15, 0.2) is 0 Å². The molecule has 2 heterocycles. The van der Waals surface area contributed by atoms with Crippen molar-refractivity contribution in [3.63, 3.8) is 0 Å². The van der Waals surface area contributed by atoms with E-state index in [1.165, 1.54) is 23.0 Å². The molecule has 5 rings (SSSR count). The van der Waals surface area contributed by atoms with E-state index < -0.39 is 10.0 Å². The van der Waals surface area contributed by atoms with Crippen LogP contribution in [0.2, 0.25) is 0 Å². The predicted molar refractivity (Wildman–Crippen MR) is 119 cm³/mol. The lowest BCUT2D eigenvalue weighted by Gasteiger charge is -2.28. The molecule has 1 aliphatic heterocycles. The minimum absolute atomic E-state index is 0.0799.